The SMILES string of the molecule is Cc1ccc2c(=O)c(C)cn(CCC(=O)O)c2c1C. The van der Waals surface area contributed by atoms with Crippen LogP contribution in [0.3, 0.4) is 0 Å². The predicted octanol–water partition coefficient (Wildman–Crippen LogP) is 2.40. The van der Waals surface area contributed by atoms with Crippen LogP contribution in [-0.2, 0) is 11.3 Å². The highest BCUT2D eigenvalue weighted by Crippen LogP contribution is 2.20. The molecule has 19 heavy (non-hydrogen) atoms. The monoisotopic (exact) mass is 259 g/mol. The molecule has 1 heterocycles. The molecule has 0 atom stereocenters. The van der Waals surface area contributed by atoms with Crippen LogP contribution in [0.1, 0.15) is 23.1 Å². The second-order valence-corrected chi connectivity index (χ2v) is 4.88. The Kier molecular flexibility index (Phi) is 3.42. The van der Waals surface area contributed by atoms with E-state index in [2.05, 4.69) is 0 Å². The van der Waals surface area contributed by atoms with Crippen molar-refractivity contribution in [3.63, 3.8) is 0 Å². The van der Waals surface area contributed by atoms with Gasteiger partial charge in [0.1, 0.15) is 0 Å². The van der Waals surface area contributed by atoms with Gasteiger partial charge >= 0.3 is 5.97 Å². The third-order valence-electron chi connectivity index (χ3n) is 3.51. The van der Waals surface area contributed by atoms with Crippen LogP contribution in [0.2, 0.25) is 0 Å². The Bertz CT molecular complexity index is 713. The van der Waals surface area contributed by atoms with Gasteiger partial charge in [-0.3, -0.25) is 9.59 Å². The van der Waals surface area contributed by atoms with Crippen molar-refractivity contribution in [3.05, 3.63) is 45.2 Å². The van der Waals surface area contributed by atoms with Gasteiger partial charge in [-0.05, 0) is 38.0 Å². The lowest BCUT2D eigenvalue weighted by Crippen LogP contribution is -2.15. The van der Waals surface area contributed by atoms with E-state index in [0.717, 1.165) is 16.6 Å². The number of carbonyl (C=O) groups is 1. The zero-order valence-corrected chi connectivity index (χ0v) is 11.4. The van der Waals surface area contributed by atoms with Crippen LogP contribution in [0, 0.1) is 20.8 Å². The number of aliphatic carboxylic acids is 1. The summed E-state index contributed by atoms with van der Waals surface area (Å²) in [6, 6.07) is 3.75. The van der Waals surface area contributed by atoms with Crippen LogP contribution >= 0.6 is 0 Å². The Morgan fingerprint density at radius 2 is 1.89 bits per heavy atom. The lowest BCUT2D eigenvalue weighted by Gasteiger charge is -2.14. The number of fused-ring (bicyclic) bond motifs is 1. The average molecular weight is 259 g/mol. The maximum atomic E-state index is 12.2. The summed E-state index contributed by atoms with van der Waals surface area (Å²) in [6.45, 7) is 6.08. The second kappa shape index (κ2) is 4.88. The van der Waals surface area contributed by atoms with Crippen LogP contribution in [0.25, 0.3) is 10.9 Å². The molecular formula is C15H17NO3. The molecule has 0 aliphatic heterocycles. The Labute approximate surface area is 111 Å². The fourth-order valence-electron chi connectivity index (χ4n) is 2.32. The van der Waals surface area contributed by atoms with Crippen molar-refractivity contribution in [3.8, 4) is 0 Å². The molecule has 0 aliphatic rings. The molecule has 4 heteroatoms. The van der Waals surface area contributed by atoms with Crippen LogP contribution in [0.4, 0.5) is 0 Å². The van der Waals surface area contributed by atoms with Crippen LogP contribution in [0.5, 0.6) is 0 Å². The van der Waals surface area contributed by atoms with Crippen LogP contribution in [-0.4, -0.2) is 15.6 Å². The zero-order chi connectivity index (χ0) is 14.2. The third-order valence-corrected chi connectivity index (χ3v) is 3.51. The third kappa shape index (κ3) is 2.38. The molecule has 1 aromatic heterocycles. The van der Waals surface area contributed by atoms with E-state index in [0.29, 0.717) is 17.5 Å². The molecule has 2 aromatic rings. The number of carboxylic acid groups (broad SMARTS) is 1. The molecular weight excluding hydrogens is 242 g/mol. The highest BCUT2D eigenvalue weighted by Gasteiger charge is 2.10. The minimum Gasteiger partial charge on any atom is -0.481 e. The van der Waals surface area contributed by atoms with Gasteiger partial charge in [0.15, 0.2) is 5.43 Å². The first-order valence-corrected chi connectivity index (χ1v) is 6.23. The molecule has 100 valence electrons. The highest BCUT2D eigenvalue weighted by atomic mass is 16.4. The van der Waals surface area contributed by atoms with Gasteiger partial charge in [-0.25, -0.2) is 0 Å². The molecule has 0 saturated heterocycles. The summed E-state index contributed by atoms with van der Waals surface area (Å²) in [5.74, 6) is -0.838. The number of nitrogens with zero attached hydrogens (tertiary/aromatic N) is 1. The summed E-state index contributed by atoms with van der Waals surface area (Å²) >= 11 is 0. The highest BCUT2D eigenvalue weighted by molar-refractivity contribution is 5.84. The van der Waals surface area contributed by atoms with E-state index in [9.17, 15) is 9.59 Å². The van der Waals surface area contributed by atoms with E-state index in [4.69, 9.17) is 5.11 Å². The number of carboxylic acids is 1. The molecule has 4 nitrogen and oxygen atoms in total. The molecule has 0 fully saturated rings. The van der Waals surface area contributed by atoms with Crippen molar-refractivity contribution >= 4 is 16.9 Å². The molecule has 0 spiro atoms. The number of benzene rings is 1. The lowest BCUT2D eigenvalue weighted by molar-refractivity contribution is -0.137. The molecule has 0 unspecified atom stereocenters. The largest absolute Gasteiger partial charge is 0.481 e. The normalized spacial score (nSPS) is 10.9. The van der Waals surface area contributed by atoms with E-state index >= 15 is 0 Å². The van der Waals surface area contributed by atoms with Crippen molar-refractivity contribution in [1.82, 2.24) is 4.57 Å². The van der Waals surface area contributed by atoms with Crippen molar-refractivity contribution < 1.29 is 9.90 Å². The molecule has 0 amide bonds. The van der Waals surface area contributed by atoms with Crippen molar-refractivity contribution in [2.75, 3.05) is 0 Å². The fourth-order valence-corrected chi connectivity index (χ4v) is 2.32. The van der Waals surface area contributed by atoms with Gasteiger partial charge in [0.25, 0.3) is 0 Å². The number of pyridine rings is 1. The van der Waals surface area contributed by atoms with Crippen LogP contribution in [0.15, 0.2) is 23.1 Å². The Morgan fingerprint density at radius 3 is 2.53 bits per heavy atom. The van der Waals surface area contributed by atoms with Gasteiger partial charge in [-0.2, -0.15) is 0 Å². The Hall–Kier alpha value is -2.10. The number of rotatable bonds is 3. The van der Waals surface area contributed by atoms with E-state index in [1.165, 1.54) is 0 Å². The summed E-state index contributed by atoms with van der Waals surface area (Å²) in [7, 11) is 0. The van der Waals surface area contributed by atoms with Crippen molar-refractivity contribution in [2.24, 2.45) is 0 Å². The van der Waals surface area contributed by atoms with Crippen molar-refractivity contribution in [2.45, 2.75) is 33.7 Å². The van der Waals surface area contributed by atoms with Crippen LogP contribution < -0.4 is 5.43 Å². The van der Waals surface area contributed by atoms with Gasteiger partial charge in [-0.15, -0.1) is 0 Å². The minimum atomic E-state index is -0.838. The maximum Gasteiger partial charge on any atom is 0.305 e. The Morgan fingerprint density at radius 1 is 1.21 bits per heavy atom. The van der Waals surface area contributed by atoms with E-state index < -0.39 is 5.97 Å². The Balaban J connectivity index is 2.75. The standard InChI is InChI=1S/C15H17NO3/c1-9-4-5-12-14(11(9)3)16(7-6-13(17)18)8-10(2)15(12)19/h4-5,8H,6-7H2,1-3H3,(H,17,18). The summed E-state index contributed by atoms with van der Waals surface area (Å²) < 4.78 is 1.88. The van der Waals surface area contributed by atoms with Crippen molar-refractivity contribution in [1.29, 1.82) is 0 Å². The minimum absolute atomic E-state index is 0.0182. The second-order valence-electron chi connectivity index (χ2n) is 4.88. The molecule has 2 rings (SSSR count). The fraction of sp³-hybridized carbons (Fsp3) is 0.333. The van der Waals surface area contributed by atoms with E-state index in [-0.39, 0.29) is 11.8 Å². The number of hydrogen-bond acceptors (Lipinski definition) is 2. The summed E-state index contributed by atoms with van der Waals surface area (Å²) in [4.78, 5) is 22.9. The van der Waals surface area contributed by atoms with Gasteiger partial charge in [-0.1, -0.05) is 6.07 Å². The number of aromatic nitrogens is 1. The first-order valence-electron chi connectivity index (χ1n) is 6.23. The average Bonchev–Trinajstić information content (AvgIpc) is 2.35. The maximum absolute atomic E-state index is 12.2. The smallest absolute Gasteiger partial charge is 0.305 e. The first-order chi connectivity index (χ1) is 8.91. The molecule has 1 N–H and O–H groups in total. The molecule has 0 radical (unpaired) electrons. The summed E-state index contributed by atoms with van der Waals surface area (Å²) in [6.07, 6.45) is 1.80. The number of hydrogen-bond donors (Lipinski definition) is 1. The zero-order valence-electron chi connectivity index (χ0n) is 11.4. The molecule has 0 bridgehead atoms. The first kappa shape index (κ1) is 13.3. The molecule has 0 saturated carbocycles. The van der Waals surface area contributed by atoms with Gasteiger partial charge in [0.05, 0.1) is 11.9 Å². The lowest BCUT2D eigenvalue weighted by atomic mass is 10.0. The van der Waals surface area contributed by atoms with Gasteiger partial charge in [0.2, 0.25) is 0 Å². The molecule has 0 aliphatic carbocycles. The molecule has 1 aromatic carbocycles. The predicted molar refractivity (Wildman–Crippen MR) is 74.7 cm³/mol. The number of aryl methyl sites for hydroxylation is 4. The summed E-state index contributed by atoms with van der Waals surface area (Å²) in [5.41, 5.74) is 3.63. The quantitative estimate of drug-likeness (QED) is 0.920. The van der Waals surface area contributed by atoms with Gasteiger partial charge in [0, 0.05) is 23.7 Å². The van der Waals surface area contributed by atoms with E-state index in [1.807, 2.05) is 30.5 Å². The topological polar surface area (TPSA) is 59.3 Å². The van der Waals surface area contributed by atoms with Gasteiger partial charge < -0.3 is 9.67 Å². The van der Waals surface area contributed by atoms with E-state index in [1.54, 1.807) is 13.1 Å². The summed E-state index contributed by atoms with van der Waals surface area (Å²) in [5, 5.41) is 9.48.